The van der Waals surface area contributed by atoms with Crippen molar-refractivity contribution >= 4 is 5.97 Å². The van der Waals surface area contributed by atoms with E-state index in [2.05, 4.69) is 34.6 Å². The van der Waals surface area contributed by atoms with Crippen LogP contribution in [0.25, 0.3) is 0 Å². The van der Waals surface area contributed by atoms with Gasteiger partial charge >= 0.3 is 5.97 Å². The first kappa shape index (κ1) is 30.1. The van der Waals surface area contributed by atoms with Crippen LogP contribution in [0.15, 0.2) is 30.3 Å². The van der Waals surface area contributed by atoms with Crippen molar-refractivity contribution in [3.8, 4) is 0 Å². The first-order chi connectivity index (χ1) is 19.0. The third kappa shape index (κ3) is 5.53. The van der Waals surface area contributed by atoms with Crippen molar-refractivity contribution in [2.75, 3.05) is 13.7 Å². The maximum atomic E-state index is 13.2. The van der Waals surface area contributed by atoms with E-state index in [1.165, 1.54) is 38.5 Å². The molecule has 0 heterocycles. The molecule has 1 aromatic rings. The minimum atomic E-state index is -0.634. The third-order valence-electron chi connectivity index (χ3n) is 12.8. The highest BCUT2D eigenvalue weighted by atomic mass is 16.5. The number of ether oxygens (including phenoxy) is 2. The second-order valence-electron chi connectivity index (χ2n) is 15.4. The Labute approximate surface area is 244 Å². The van der Waals surface area contributed by atoms with E-state index in [9.17, 15) is 9.90 Å². The number of esters is 1. The molecule has 0 saturated heterocycles. The van der Waals surface area contributed by atoms with E-state index in [0.29, 0.717) is 46.7 Å². The fourth-order valence-electron chi connectivity index (χ4n) is 10.6. The van der Waals surface area contributed by atoms with Crippen molar-refractivity contribution < 1.29 is 19.4 Å². The van der Waals surface area contributed by atoms with Gasteiger partial charge in [-0.1, -0.05) is 52.8 Å². The SMILES string of the molecule is COC[C@]1(O)CC[C@@]2(C)[C@@H](CC[C@@H]3[C@@H]2CC[C@]2(C)[C@@H]([C@H](C)[C@H](CCC(C)C)OC(=O)c4ccccc4)CC[C@@H]32)C1. The van der Waals surface area contributed by atoms with Crippen LogP contribution in [0.3, 0.4) is 0 Å². The molecule has 4 heteroatoms. The predicted molar refractivity (Wildman–Crippen MR) is 161 cm³/mol. The van der Waals surface area contributed by atoms with Crippen LogP contribution in [0.2, 0.25) is 0 Å². The topological polar surface area (TPSA) is 55.8 Å². The number of carbonyl (C=O) groups is 1. The molecular formula is C36H56O4. The Hall–Kier alpha value is -1.39. The average Bonchev–Trinajstić information content (AvgIpc) is 3.28. The molecule has 1 aromatic carbocycles. The second-order valence-corrected chi connectivity index (χ2v) is 15.4. The maximum Gasteiger partial charge on any atom is 0.338 e. The van der Waals surface area contributed by atoms with Gasteiger partial charge in [-0.05, 0) is 135 Å². The van der Waals surface area contributed by atoms with Crippen LogP contribution in [0.4, 0.5) is 0 Å². The lowest BCUT2D eigenvalue weighted by atomic mass is 9.43. The van der Waals surface area contributed by atoms with Crippen LogP contribution >= 0.6 is 0 Å². The van der Waals surface area contributed by atoms with E-state index >= 15 is 0 Å². The Morgan fingerprint density at radius 1 is 0.925 bits per heavy atom. The first-order valence-corrected chi connectivity index (χ1v) is 16.5. The van der Waals surface area contributed by atoms with Crippen molar-refractivity contribution in [1.82, 2.24) is 0 Å². The van der Waals surface area contributed by atoms with E-state index < -0.39 is 5.60 Å². The number of fused-ring (bicyclic) bond motifs is 5. The minimum Gasteiger partial charge on any atom is -0.458 e. The van der Waals surface area contributed by atoms with Gasteiger partial charge in [0.2, 0.25) is 0 Å². The zero-order valence-corrected chi connectivity index (χ0v) is 26.2. The van der Waals surface area contributed by atoms with Crippen LogP contribution in [-0.4, -0.2) is 36.5 Å². The van der Waals surface area contributed by atoms with E-state index in [1.54, 1.807) is 7.11 Å². The van der Waals surface area contributed by atoms with E-state index in [-0.39, 0.29) is 12.1 Å². The van der Waals surface area contributed by atoms with Crippen LogP contribution in [0.5, 0.6) is 0 Å². The van der Waals surface area contributed by atoms with Gasteiger partial charge in [-0.15, -0.1) is 0 Å². The number of hydrogen-bond donors (Lipinski definition) is 1. The number of aliphatic hydroxyl groups is 1. The van der Waals surface area contributed by atoms with E-state index in [1.807, 2.05) is 30.3 Å². The lowest BCUT2D eigenvalue weighted by molar-refractivity contribution is -0.164. The summed E-state index contributed by atoms with van der Waals surface area (Å²) in [4.78, 5) is 13.2. The average molecular weight is 553 g/mol. The normalized spacial score (nSPS) is 40.5. The molecule has 1 N–H and O–H groups in total. The van der Waals surface area contributed by atoms with Crippen molar-refractivity contribution in [3.05, 3.63) is 35.9 Å². The van der Waals surface area contributed by atoms with Gasteiger partial charge in [0.1, 0.15) is 6.10 Å². The quantitative estimate of drug-likeness (QED) is 0.313. The highest BCUT2D eigenvalue weighted by Gasteiger charge is 2.62. The smallest absolute Gasteiger partial charge is 0.338 e. The summed E-state index contributed by atoms with van der Waals surface area (Å²) in [6, 6.07) is 9.54. The molecule has 4 aliphatic carbocycles. The standard InChI is InChI=1S/C36H56O4/c1-24(2)12-17-32(40-33(37)26-10-8-7-9-11-26)25(3)29-15-16-30-28-14-13-27-22-36(38,23-39-6)21-20-34(27,4)31(28)18-19-35(29,30)5/h7-11,24-25,27-32,38H,12-23H2,1-6H3/t25-,27-,28-,29+,30-,31-,32-,34-,35+,36-/m0/s1. The fraction of sp³-hybridized carbons (Fsp3) is 0.806. The third-order valence-corrected chi connectivity index (χ3v) is 12.8. The Balaban J connectivity index is 1.32. The summed E-state index contributed by atoms with van der Waals surface area (Å²) in [5, 5.41) is 11.2. The van der Waals surface area contributed by atoms with Crippen LogP contribution in [0.1, 0.15) is 116 Å². The fourth-order valence-corrected chi connectivity index (χ4v) is 10.6. The Morgan fingerprint density at radius 2 is 1.65 bits per heavy atom. The molecule has 40 heavy (non-hydrogen) atoms. The predicted octanol–water partition coefficient (Wildman–Crippen LogP) is 8.32. The first-order valence-electron chi connectivity index (χ1n) is 16.5. The lowest BCUT2D eigenvalue weighted by Gasteiger charge is -2.62. The van der Waals surface area contributed by atoms with Gasteiger partial charge in [0.25, 0.3) is 0 Å². The van der Waals surface area contributed by atoms with Crippen molar-refractivity contribution in [2.45, 2.75) is 117 Å². The molecule has 4 aliphatic rings. The lowest BCUT2D eigenvalue weighted by Crippen LogP contribution is -2.57. The van der Waals surface area contributed by atoms with Gasteiger partial charge in [0.15, 0.2) is 0 Å². The molecule has 5 rings (SSSR count). The van der Waals surface area contributed by atoms with Crippen molar-refractivity contribution in [3.63, 3.8) is 0 Å². The summed E-state index contributed by atoms with van der Waals surface area (Å²) in [6.45, 7) is 12.6. The van der Waals surface area contributed by atoms with Crippen molar-refractivity contribution in [2.24, 2.45) is 52.3 Å². The molecule has 10 atom stereocenters. The van der Waals surface area contributed by atoms with Crippen LogP contribution in [-0.2, 0) is 9.47 Å². The number of rotatable bonds is 9. The van der Waals surface area contributed by atoms with Gasteiger partial charge in [-0.2, -0.15) is 0 Å². The summed E-state index contributed by atoms with van der Waals surface area (Å²) in [6.07, 6.45) is 12.7. The maximum absolute atomic E-state index is 13.2. The van der Waals surface area contributed by atoms with Gasteiger partial charge in [-0.25, -0.2) is 4.79 Å². The Bertz CT molecular complexity index is 1010. The molecule has 4 nitrogen and oxygen atoms in total. The zero-order chi connectivity index (χ0) is 28.7. The molecule has 224 valence electrons. The van der Waals surface area contributed by atoms with Crippen molar-refractivity contribution in [1.29, 1.82) is 0 Å². The summed E-state index contributed by atoms with van der Waals surface area (Å²) in [5.74, 6) is 4.35. The molecule has 0 spiro atoms. The molecular weight excluding hydrogens is 496 g/mol. The second kappa shape index (κ2) is 11.7. The number of benzene rings is 1. The van der Waals surface area contributed by atoms with Crippen LogP contribution in [0, 0.1) is 52.3 Å². The highest BCUT2D eigenvalue weighted by molar-refractivity contribution is 5.89. The molecule has 0 aromatic heterocycles. The van der Waals surface area contributed by atoms with Gasteiger partial charge in [-0.3, -0.25) is 0 Å². The number of hydrogen-bond acceptors (Lipinski definition) is 4. The summed E-state index contributed by atoms with van der Waals surface area (Å²) in [7, 11) is 1.72. The van der Waals surface area contributed by atoms with Gasteiger partial charge in [0.05, 0.1) is 17.8 Å². The Kier molecular flexibility index (Phi) is 8.81. The molecule has 4 fully saturated rings. The zero-order valence-electron chi connectivity index (χ0n) is 26.2. The van der Waals surface area contributed by atoms with Gasteiger partial charge in [0, 0.05) is 7.11 Å². The monoisotopic (exact) mass is 552 g/mol. The van der Waals surface area contributed by atoms with Gasteiger partial charge < -0.3 is 14.6 Å². The summed E-state index contributed by atoms with van der Waals surface area (Å²) in [5.41, 5.74) is 0.698. The Morgan fingerprint density at radius 3 is 2.35 bits per heavy atom. The summed E-state index contributed by atoms with van der Waals surface area (Å²) < 4.78 is 11.8. The highest BCUT2D eigenvalue weighted by Crippen LogP contribution is 2.69. The van der Waals surface area contributed by atoms with E-state index in [0.717, 1.165) is 49.9 Å². The molecule has 0 aliphatic heterocycles. The van der Waals surface area contributed by atoms with E-state index in [4.69, 9.17) is 9.47 Å². The summed E-state index contributed by atoms with van der Waals surface area (Å²) >= 11 is 0. The number of methoxy groups -OCH3 is 1. The number of carbonyl (C=O) groups excluding carboxylic acids is 1. The molecule has 0 unspecified atom stereocenters. The molecule has 0 radical (unpaired) electrons. The molecule has 0 amide bonds. The molecule has 0 bridgehead atoms. The largest absolute Gasteiger partial charge is 0.458 e. The van der Waals surface area contributed by atoms with Crippen LogP contribution < -0.4 is 0 Å². The minimum absolute atomic E-state index is 0.0292. The molecule has 4 saturated carbocycles.